The molecule has 0 fully saturated rings. The number of carbonyl (C=O) groups excluding carboxylic acids is 4. The smallest absolute Gasteiger partial charge is 0.458 e. The summed E-state index contributed by atoms with van der Waals surface area (Å²) in [5.74, 6) is -0.870. The van der Waals surface area contributed by atoms with Crippen molar-refractivity contribution in [3.8, 4) is 11.5 Å². The van der Waals surface area contributed by atoms with Gasteiger partial charge in [-0.3, -0.25) is 4.79 Å². The van der Waals surface area contributed by atoms with E-state index >= 15 is 0 Å². The van der Waals surface area contributed by atoms with Crippen LogP contribution < -0.4 is 15.2 Å². The first-order valence-electron chi connectivity index (χ1n) is 14.5. The first-order valence-corrected chi connectivity index (χ1v) is 14.5. The van der Waals surface area contributed by atoms with Crippen LogP contribution in [0.2, 0.25) is 0 Å². The van der Waals surface area contributed by atoms with Gasteiger partial charge < -0.3 is 38.9 Å². The largest absolute Gasteiger partial charge is 0.514 e. The van der Waals surface area contributed by atoms with Gasteiger partial charge in [-0.05, 0) is 69.1 Å². The van der Waals surface area contributed by atoms with Crippen LogP contribution >= 0.6 is 0 Å². The molecule has 0 bridgehead atoms. The zero-order valence-electron chi connectivity index (χ0n) is 27.3. The molecule has 0 aromatic heterocycles. The van der Waals surface area contributed by atoms with Gasteiger partial charge >= 0.3 is 24.4 Å². The van der Waals surface area contributed by atoms with Crippen LogP contribution in [0.1, 0.15) is 81.7 Å². The van der Waals surface area contributed by atoms with Crippen molar-refractivity contribution in [2.45, 2.75) is 113 Å². The molecule has 0 aliphatic carbocycles. The average molecular weight is 612 g/mol. The molecule has 12 heteroatoms. The second-order valence-corrected chi connectivity index (χ2v) is 12.5. The second kappa shape index (κ2) is 16.9. The van der Waals surface area contributed by atoms with E-state index in [9.17, 15) is 19.2 Å². The van der Waals surface area contributed by atoms with Crippen LogP contribution in [0.25, 0.3) is 0 Å². The maximum Gasteiger partial charge on any atom is 0.514 e. The highest BCUT2D eigenvalue weighted by molar-refractivity contribution is 5.76. The highest BCUT2D eigenvalue weighted by atomic mass is 16.8. The van der Waals surface area contributed by atoms with E-state index in [4.69, 9.17) is 38.9 Å². The van der Waals surface area contributed by atoms with Crippen LogP contribution in [0.15, 0.2) is 18.2 Å². The van der Waals surface area contributed by atoms with E-state index in [1.54, 1.807) is 33.8 Å². The van der Waals surface area contributed by atoms with Gasteiger partial charge in [-0.1, -0.05) is 54.5 Å². The third-order valence-electron chi connectivity index (χ3n) is 6.46. The second-order valence-electron chi connectivity index (χ2n) is 12.5. The van der Waals surface area contributed by atoms with Gasteiger partial charge in [0, 0.05) is 0 Å². The standard InChI is InChI=1S/C31H49NO11/c1-17(2)19(5)39-29(35)42-25-13-12-23(15-26(25)43-30(36)40-20(6)18(3)4)14-24(32)27(33)38-21(7)22(8)41-28(34)37-16-31(9,10)11/h12-13,15,17-22,24H,14,16,32H2,1-11H3/t19-,20?,21?,22?,24-/m0/s1. The zero-order valence-corrected chi connectivity index (χ0v) is 27.3. The molecule has 0 radical (unpaired) electrons. The molecule has 0 saturated heterocycles. The Morgan fingerprint density at radius 3 is 1.63 bits per heavy atom. The molecule has 1 rings (SSSR count). The predicted octanol–water partition coefficient (Wildman–Crippen LogP) is 6.20. The highest BCUT2D eigenvalue weighted by Crippen LogP contribution is 2.30. The molecular formula is C31H49NO11. The van der Waals surface area contributed by atoms with E-state index in [1.165, 1.54) is 12.1 Å². The zero-order chi connectivity index (χ0) is 33.1. The molecular weight excluding hydrogens is 562 g/mol. The quantitative estimate of drug-likeness (QED) is 0.153. The summed E-state index contributed by atoms with van der Waals surface area (Å²) < 4.78 is 36.9. The molecule has 1 aromatic carbocycles. The van der Waals surface area contributed by atoms with Crippen LogP contribution in [0.4, 0.5) is 14.4 Å². The van der Waals surface area contributed by atoms with Crippen LogP contribution in [-0.2, 0) is 34.9 Å². The summed E-state index contributed by atoms with van der Waals surface area (Å²) in [6.07, 6.45) is -5.32. The Kier molecular flexibility index (Phi) is 14.8. The Morgan fingerprint density at radius 2 is 1.14 bits per heavy atom. The van der Waals surface area contributed by atoms with Crippen molar-refractivity contribution in [2.24, 2.45) is 23.0 Å². The van der Waals surface area contributed by atoms with E-state index in [2.05, 4.69) is 0 Å². The topological polar surface area (TPSA) is 159 Å². The third-order valence-corrected chi connectivity index (χ3v) is 6.46. The lowest BCUT2D eigenvalue weighted by Gasteiger charge is -2.23. The number of rotatable bonds is 13. The molecule has 0 aliphatic heterocycles. The van der Waals surface area contributed by atoms with Gasteiger partial charge in [0.25, 0.3) is 0 Å². The van der Waals surface area contributed by atoms with Crippen LogP contribution in [-0.4, -0.2) is 61.5 Å². The molecule has 12 nitrogen and oxygen atoms in total. The first-order chi connectivity index (χ1) is 19.8. The van der Waals surface area contributed by atoms with Crippen LogP contribution in [0.5, 0.6) is 11.5 Å². The van der Waals surface area contributed by atoms with Crippen molar-refractivity contribution < 1.29 is 52.3 Å². The maximum atomic E-state index is 12.7. The molecule has 5 atom stereocenters. The molecule has 244 valence electrons. The van der Waals surface area contributed by atoms with Crippen LogP contribution in [0, 0.1) is 17.3 Å². The molecule has 3 unspecified atom stereocenters. The molecule has 0 heterocycles. The van der Waals surface area contributed by atoms with Gasteiger partial charge in [-0.2, -0.15) is 0 Å². The van der Waals surface area contributed by atoms with E-state index in [-0.39, 0.29) is 41.8 Å². The Morgan fingerprint density at radius 1 is 0.674 bits per heavy atom. The lowest BCUT2D eigenvalue weighted by atomic mass is 9.99. The molecule has 43 heavy (non-hydrogen) atoms. The number of carbonyl (C=O) groups is 4. The van der Waals surface area contributed by atoms with Gasteiger partial charge in [-0.25, -0.2) is 14.4 Å². The summed E-state index contributed by atoms with van der Waals surface area (Å²) in [6.45, 7) is 20.0. The van der Waals surface area contributed by atoms with E-state index in [0.717, 1.165) is 0 Å². The van der Waals surface area contributed by atoms with E-state index < -0.39 is 54.9 Å². The lowest BCUT2D eigenvalue weighted by Crippen LogP contribution is -2.39. The molecule has 0 saturated carbocycles. The summed E-state index contributed by atoms with van der Waals surface area (Å²) in [6, 6.07) is 3.23. The minimum absolute atomic E-state index is 0.0165. The first kappa shape index (κ1) is 37.5. The van der Waals surface area contributed by atoms with Gasteiger partial charge in [0.2, 0.25) is 0 Å². The number of benzene rings is 1. The van der Waals surface area contributed by atoms with Crippen LogP contribution in [0.3, 0.4) is 0 Å². The summed E-state index contributed by atoms with van der Waals surface area (Å²) in [7, 11) is 0. The van der Waals surface area contributed by atoms with Gasteiger partial charge in [0.15, 0.2) is 11.5 Å². The maximum absolute atomic E-state index is 12.7. The summed E-state index contributed by atoms with van der Waals surface area (Å²) >= 11 is 0. The summed E-state index contributed by atoms with van der Waals surface area (Å²) in [5, 5.41) is 0. The summed E-state index contributed by atoms with van der Waals surface area (Å²) in [5.41, 5.74) is 6.35. The van der Waals surface area contributed by atoms with Crippen molar-refractivity contribution in [1.82, 2.24) is 0 Å². The van der Waals surface area contributed by atoms with Gasteiger partial charge in [-0.15, -0.1) is 0 Å². The Hall–Kier alpha value is -3.54. The van der Waals surface area contributed by atoms with Gasteiger partial charge in [0.05, 0.1) is 6.61 Å². The molecule has 2 N–H and O–H groups in total. The monoisotopic (exact) mass is 611 g/mol. The Bertz CT molecular complexity index is 1080. The van der Waals surface area contributed by atoms with Crippen molar-refractivity contribution in [3.05, 3.63) is 23.8 Å². The minimum atomic E-state index is -1.12. The van der Waals surface area contributed by atoms with Gasteiger partial charge in [0.1, 0.15) is 30.5 Å². The lowest BCUT2D eigenvalue weighted by molar-refractivity contribution is -0.155. The van der Waals surface area contributed by atoms with Crippen molar-refractivity contribution in [1.29, 1.82) is 0 Å². The fourth-order valence-electron chi connectivity index (χ4n) is 2.91. The van der Waals surface area contributed by atoms with Crippen molar-refractivity contribution in [3.63, 3.8) is 0 Å². The third kappa shape index (κ3) is 14.5. The molecule has 0 amide bonds. The minimum Gasteiger partial charge on any atom is -0.458 e. The molecule has 0 spiro atoms. The fraction of sp³-hybridized carbons (Fsp3) is 0.677. The SMILES string of the molecule is CC(C)C(C)OC(=O)Oc1cc(C[C@H](N)C(=O)OC(C)C(C)OC(=O)OCC(C)(C)C)ccc1OC(=O)O[C@@H](C)C(C)C. The highest BCUT2D eigenvalue weighted by Gasteiger charge is 2.27. The van der Waals surface area contributed by atoms with Crippen molar-refractivity contribution >= 4 is 24.4 Å². The van der Waals surface area contributed by atoms with E-state index in [0.29, 0.717) is 5.56 Å². The number of hydrogen-bond acceptors (Lipinski definition) is 12. The summed E-state index contributed by atoms with van der Waals surface area (Å²) in [4.78, 5) is 49.5. The Labute approximate surface area is 254 Å². The van der Waals surface area contributed by atoms with E-state index in [1.807, 2.05) is 48.5 Å². The fourth-order valence-corrected chi connectivity index (χ4v) is 2.91. The molecule has 0 aliphatic rings. The van der Waals surface area contributed by atoms with Crippen molar-refractivity contribution in [2.75, 3.05) is 6.61 Å². The average Bonchev–Trinajstić information content (AvgIpc) is 2.88. The number of nitrogens with two attached hydrogens (primary N) is 1. The number of ether oxygens (including phenoxy) is 7. The normalized spacial score (nSPS) is 15.0. The predicted molar refractivity (Wildman–Crippen MR) is 158 cm³/mol. The number of esters is 1. The molecule has 1 aromatic rings. The number of hydrogen-bond donors (Lipinski definition) is 1. The Balaban J connectivity index is 2.96.